The zero-order valence-corrected chi connectivity index (χ0v) is 7.22. The third kappa shape index (κ3) is 3.15. The molecule has 0 aromatic heterocycles. The molecule has 1 rings (SSSR count). The summed E-state index contributed by atoms with van der Waals surface area (Å²) in [6.45, 7) is 0.515. The minimum Gasteiger partial charge on any atom is -0.396 e. The SMILES string of the molecule is [N-]=[N+]=NCc1cccc(CCO)c1. The molecule has 0 heterocycles. The topological polar surface area (TPSA) is 69.0 Å². The largest absolute Gasteiger partial charge is 0.396 e. The highest BCUT2D eigenvalue weighted by molar-refractivity contribution is 5.23. The summed E-state index contributed by atoms with van der Waals surface area (Å²) < 4.78 is 0. The molecule has 13 heavy (non-hydrogen) atoms. The highest BCUT2D eigenvalue weighted by atomic mass is 16.2. The third-order valence-electron chi connectivity index (χ3n) is 1.71. The van der Waals surface area contributed by atoms with Gasteiger partial charge in [-0.3, -0.25) is 0 Å². The minimum atomic E-state index is 0.144. The van der Waals surface area contributed by atoms with Crippen molar-refractivity contribution in [1.82, 2.24) is 0 Å². The van der Waals surface area contributed by atoms with Gasteiger partial charge in [0, 0.05) is 11.5 Å². The van der Waals surface area contributed by atoms with Crippen LogP contribution in [0.2, 0.25) is 0 Å². The normalized spacial score (nSPS) is 9.31. The Morgan fingerprint density at radius 1 is 1.38 bits per heavy atom. The molecule has 0 spiro atoms. The second-order valence-corrected chi connectivity index (χ2v) is 2.68. The summed E-state index contributed by atoms with van der Waals surface area (Å²) in [6, 6.07) is 7.67. The summed E-state index contributed by atoms with van der Waals surface area (Å²) in [5.74, 6) is 0. The summed E-state index contributed by atoms with van der Waals surface area (Å²) >= 11 is 0. The van der Waals surface area contributed by atoms with Crippen LogP contribution in [0.5, 0.6) is 0 Å². The Balaban J connectivity index is 2.72. The lowest BCUT2D eigenvalue weighted by molar-refractivity contribution is 0.299. The van der Waals surface area contributed by atoms with Crippen LogP contribution in [0.25, 0.3) is 10.4 Å². The molecule has 0 aliphatic rings. The Morgan fingerprint density at radius 3 is 2.85 bits per heavy atom. The van der Waals surface area contributed by atoms with Crippen molar-refractivity contribution in [3.63, 3.8) is 0 Å². The third-order valence-corrected chi connectivity index (χ3v) is 1.71. The fraction of sp³-hybridized carbons (Fsp3) is 0.333. The van der Waals surface area contributed by atoms with Gasteiger partial charge < -0.3 is 5.11 Å². The molecule has 0 radical (unpaired) electrons. The maximum Gasteiger partial charge on any atom is 0.0510 e. The molecule has 68 valence electrons. The monoisotopic (exact) mass is 177 g/mol. The molecule has 0 fully saturated rings. The van der Waals surface area contributed by atoms with E-state index in [-0.39, 0.29) is 6.61 Å². The first-order valence-electron chi connectivity index (χ1n) is 4.06. The number of rotatable bonds is 4. The predicted molar refractivity (Wildman–Crippen MR) is 50.1 cm³/mol. The first-order chi connectivity index (χ1) is 6.36. The van der Waals surface area contributed by atoms with Gasteiger partial charge in [0.05, 0.1) is 6.54 Å². The first-order valence-corrected chi connectivity index (χ1v) is 4.06. The Labute approximate surface area is 76.5 Å². The van der Waals surface area contributed by atoms with Gasteiger partial charge in [-0.2, -0.15) is 0 Å². The average molecular weight is 177 g/mol. The summed E-state index contributed by atoms with van der Waals surface area (Å²) in [6.07, 6.45) is 0.643. The van der Waals surface area contributed by atoms with Crippen LogP contribution < -0.4 is 0 Å². The second-order valence-electron chi connectivity index (χ2n) is 2.68. The lowest BCUT2D eigenvalue weighted by Crippen LogP contribution is -1.91. The van der Waals surface area contributed by atoms with E-state index in [0.29, 0.717) is 13.0 Å². The summed E-state index contributed by atoms with van der Waals surface area (Å²) in [5.41, 5.74) is 10.2. The number of azide groups is 1. The highest BCUT2D eigenvalue weighted by Gasteiger charge is 1.93. The molecular formula is C9H11N3O. The predicted octanol–water partition coefficient (Wildman–Crippen LogP) is 2.03. The highest BCUT2D eigenvalue weighted by Crippen LogP contribution is 2.06. The van der Waals surface area contributed by atoms with Crippen LogP contribution in [0.3, 0.4) is 0 Å². The second kappa shape index (κ2) is 5.19. The molecule has 0 bridgehead atoms. The van der Waals surface area contributed by atoms with Crippen molar-refractivity contribution in [1.29, 1.82) is 0 Å². The summed E-state index contributed by atoms with van der Waals surface area (Å²) in [4.78, 5) is 2.68. The van der Waals surface area contributed by atoms with Gasteiger partial charge in [0.1, 0.15) is 0 Å². The van der Waals surface area contributed by atoms with E-state index in [0.717, 1.165) is 11.1 Å². The van der Waals surface area contributed by atoms with E-state index in [4.69, 9.17) is 10.6 Å². The minimum absolute atomic E-state index is 0.144. The van der Waals surface area contributed by atoms with Gasteiger partial charge in [0.2, 0.25) is 0 Å². The van der Waals surface area contributed by atoms with Gasteiger partial charge >= 0.3 is 0 Å². The van der Waals surface area contributed by atoms with Crippen molar-refractivity contribution in [2.45, 2.75) is 13.0 Å². The maximum atomic E-state index is 8.70. The average Bonchev–Trinajstić information content (AvgIpc) is 2.16. The Bertz CT molecular complexity index is 318. The summed E-state index contributed by atoms with van der Waals surface area (Å²) in [5, 5.41) is 12.2. The Hall–Kier alpha value is -1.51. The van der Waals surface area contributed by atoms with Crippen LogP contribution in [-0.2, 0) is 13.0 Å². The molecule has 1 aromatic rings. The van der Waals surface area contributed by atoms with Crippen molar-refractivity contribution < 1.29 is 5.11 Å². The van der Waals surface area contributed by atoms with Crippen molar-refractivity contribution in [3.05, 3.63) is 45.8 Å². The number of hydrogen-bond donors (Lipinski definition) is 1. The first kappa shape index (κ1) is 9.58. The molecule has 1 aromatic carbocycles. The van der Waals surface area contributed by atoms with E-state index in [9.17, 15) is 0 Å². The molecule has 0 aliphatic carbocycles. The maximum absolute atomic E-state index is 8.70. The van der Waals surface area contributed by atoms with Gasteiger partial charge in [-0.15, -0.1) is 0 Å². The number of aliphatic hydroxyl groups is 1. The fourth-order valence-corrected chi connectivity index (χ4v) is 1.13. The van der Waals surface area contributed by atoms with E-state index in [1.807, 2.05) is 24.3 Å². The standard InChI is InChI=1S/C9H11N3O/c10-12-11-7-9-3-1-2-8(6-9)4-5-13/h1-3,6,13H,4-5,7H2. The zero-order valence-electron chi connectivity index (χ0n) is 7.22. The van der Waals surface area contributed by atoms with Gasteiger partial charge in [-0.1, -0.05) is 29.4 Å². The Kier molecular flexibility index (Phi) is 3.82. The lowest BCUT2D eigenvalue weighted by atomic mass is 10.1. The van der Waals surface area contributed by atoms with Crippen LogP contribution in [0.4, 0.5) is 0 Å². The van der Waals surface area contributed by atoms with E-state index >= 15 is 0 Å². The molecular weight excluding hydrogens is 166 g/mol. The number of nitrogens with zero attached hydrogens (tertiary/aromatic N) is 3. The smallest absolute Gasteiger partial charge is 0.0510 e. The molecule has 0 unspecified atom stereocenters. The molecule has 0 aliphatic heterocycles. The van der Waals surface area contributed by atoms with Crippen LogP contribution in [0.1, 0.15) is 11.1 Å². The van der Waals surface area contributed by atoms with Crippen molar-refractivity contribution in [2.75, 3.05) is 6.61 Å². The molecule has 0 saturated heterocycles. The Morgan fingerprint density at radius 2 is 2.15 bits per heavy atom. The van der Waals surface area contributed by atoms with Crippen LogP contribution in [0.15, 0.2) is 29.4 Å². The van der Waals surface area contributed by atoms with Crippen molar-refractivity contribution in [2.24, 2.45) is 5.11 Å². The van der Waals surface area contributed by atoms with Crippen LogP contribution in [0, 0.1) is 0 Å². The van der Waals surface area contributed by atoms with Crippen LogP contribution >= 0.6 is 0 Å². The van der Waals surface area contributed by atoms with Crippen LogP contribution in [-0.4, -0.2) is 11.7 Å². The molecule has 0 atom stereocenters. The van der Waals surface area contributed by atoms with E-state index in [1.54, 1.807) is 0 Å². The molecule has 0 amide bonds. The molecule has 1 N–H and O–H groups in total. The lowest BCUT2D eigenvalue weighted by Gasteiger charge is -2.00. The van der Waals surface area contributed by atoms with E-state index in [2.05, 4.69) is 10.0 Å². The van der Waals surface area contributed by atoms with E-state index in [1.165, 1.54) is 0 Å². The fourth-order valence-electron chi connectivity index (χ4n) is 1.13. The quantitative estimate of drug-likeness (QED) is 0.426. The van der Waals surface area contributed by atoms with Crippen molar-refractivity contribution >= 4 is 0 Å². The van der Waals surface area contributed by atoms with Crippen molar-refractivity contribution in [3.8, 4) is 0 Å². The van der Waals surface area contributed by atoms with Gasteiger partial charge in [-0.05, 0) is 23.1 Å². The van der Waals surface area contributed by atoms with E-state index < -0.39 is 0 Å². The number of aliphatic hydroxyl groups excluding tert-OH is 1. The molecule has 4 heteroatoms. The van der Waals surface area contributed by atoms with Gasteiger partial charge in [0.25, 0.3) is 0 Å². The van der Waals surface area contributed by atoms with Gasteiger partial charge in [0.15, 0.2) is 0 Å². The summed E-state index contributed by atoms with van der Waals surface area (Å²) in [7, 11) is 0. The van der Waals surface area contributed by atoms with Gasteiger partial charge in [-0.25, -0.2) is 0 Å². The molecule has 0 saturated carbocycles. The number of hydrogen-bond acceptors (Lipinski definition) is 2. The number of benzene rings is 1. The zero-order chi connectivity index (χ0) is 9.52. The molecule has 4 nitrogen and oxygen atoms in total.